The van der Waals surface area contributed by atoms with E-state index in [-0.39, 0.29) is 15.8 Å². The van der Waals surface area contributed by atoms with Crippen LogP contribution in [0.2, 0.25) is 5.02 Å². The molecular weight excluding hydrogens is 425 g/mol. The molecule has 1 N–H and O–H groups in total. The van der Waals surface area contributed by atoms with E-state index < -0.39 is 23.3 Å². The molecule has 29 heavy (non-hydrogen) atoms. The Kier molecular flexibility index (Phi) is 4.79. The lowest BCUT2D eigenvalue weighted by Gasteiger charge is -2.12. The van der Waals surface area contributed by atoms with Gasteiger partial charge in [-0.2, -0.15) is 18.3 Å². The molecule has 4 rings (SSSR count). The van der Waals surface area contributed by atoms with Gasteiger partial charge in [0.1, 0.15) is 0 Å². The van der Waals surface area contributed by atoms with E-state index in [1.807, 2.05) is 19.1 Å². The van der Waals surface area contributed by atoms with Crippen LogP contribution >= 0.6 is 22.9 Å². The van der Waals surface area contributed by atoms with Gasteiger partial charge in [-0.15, -0.1) is 0 Å². The summed E-state index contributed by atoms with van der Waals surface area (Å²) in [5, 5.41) is 6.68. The van der Waals surface area contributed by atoms with Crippen LogP contribution in [0.3, 0.4) is 0 Å². The lowest BCUT2D eigenvalue weighted by atomic mass is 10.2. The Morgan fingerprint density at radius 2 is 2.00 bits per heavy atom. The molecule has 0 saturated carbocycles. The van der Waals surface area contributed by atoms with Crippen molar-refractivity contribution in [1.29, 1.82) is 0 Å². The molecule has 2 aromatic heterocycles. The highest BCUT2D eigenvalue weighted by molar-refractivity contribution is 7.22. The van der Waals surface area contributed by atoms with E-state index >= 15 is 0 Å². The van der Waals surface area contributed by atoms with Crippen LogP contribution in [0.1, 0.15) is 21.6 Å². The van der Waals surface area contributed by atoms with E-state index in [4.69, 9.17) is 11.6 Å². The zero-order valence-corrected chi connectivity index (χ0v) is 16.4. The molecule has 4 aromatic rings. The van der Waals surface area contributed by atoms with Crippen LogP contribution in [0.25, 0.3) is 15.9 Å². The molecule has 0 aliphatic heterocycles. The van der Waals surface area contributed by atoms with Crippen molar-refractivity contribution in [3.05, 3.63) is 70.5 Å². The van der Waals surface area contributed by atoms with Crippen LogP contribution in [0.5, 0.6) is 0 Å². The smallest absolute Gasteiger partial charge is 0.298 e. The number of anilines is 1. The van der Waals surface area contributed by atoms with Crippen molar-refractivity contribution in [2.45, 2.75) is 13.1 Å². The predicted molar refractivity (Wildman–Crippen MR) is 106 cm³/mol. The third kappa shape index (κ3) is 3.83. The first-order valence-electron chi connectivity index (χ1n) is 8.32. The number of rotatable bonds is 3. The van der Waals surface area contributed by atoms with Gasteiger partial charge in [-0.05, 0) is 42.8 Å². The van der Waals surface area contributed by atoms with Crippen LogP contribution in [0, 0.1) is 6.92 Å². The molecule has 2 aromatic carbocycles. The highest BCUT2D eigenvalue weighted by Crippen LogP contribution is 2.35. The molecule has 0 aliphatic rings. The lowest BCUT2D eigenvalue weighted by molar-refractivity contribution is -0.143. The number of nitrogens with zero attached hydrogens (tertiary/aromatic N) is 3. The summed E-state index contributed by atoms with van der Waals surface area (Å²) in [6, 6.07) is 11.3. The third-order valence-electron chi connectivity index (χ3n) is 4.10. The number of nitrogens with one attached hydrogen (secondary N) is 1. The normalized spacial score (nSPS) is 11.8. The van der Waals surface area contributed by atoms with E-state index in [0.717, 1.165) is 16.5 Å². The summed E-state index contributed by atoms with van der Waals surface area (Å²) < 4.78 is 42.7. The number of carbonyl (C=O) groups excluding carboxylic acids is 1. The second kappa shape index (κ2) is 7.16. The quantitative estimate of drug-likeness (QED) is 0.447. The fraction of sp³-hybridized carbons (Fsp3) is 0.105. The maximum atomic E-state index is 13.8. The Morgan fingerprint density at radius 1 is 1.21 bits per heavy atom. The van der Waals surface area contributed by atoms with Gasteiger partial charge in [0.05, 0.1) is 27.7 Å². The summed E-state index contributed by atoms with van der Waals surface area (Å²) in [6.45, 7) is 1.91. The first-order chi connectivity index (χ1) is 13.7. The molecule has 10 heteroatoms. The standard InChI is InChI=1S/C19H12ClF3N4OS/c1-10-5-6-14-15(7-10)29-18(25-14)26-17(28)13-9-24-27(16(13)19(21,22)23)12-4-2-3-11(20)8-12/h2-9H,1H3,(H,25,26,28). The maximum absolute atomic E-state index is 13.8. The van der Waals surface area contributed by atoms with E-state index in [0.29, 0.717) is 10.2 Å². The second-order valence-electron chi connectivity index (χ2n) is 6.24. The first-order valence-corrected chi connectivity index (χ1v) is 9.51. The number of amides is 1. The second-order valence-corrected chi connectivity index (χ2v) is 7.71. The molecule has 5 nitrogen and oxygen atoms in total. The van der Waals surface area contributed by atoms with Gasteiger partial charge < -0.3 is 0 Å². The van der Waals surface area contributed by atoms with Gasteiger partial charge in [0.2, 0.25) is 0 Å². The molecular formula is C19H12ClF3N4OS. The van der Waals surface area contributed by atoms with Crippen LogP contribution in [-0.4, -0.2) is 20.7 Å². The first kappa shape index (κ1) is 19.4. The number of hydrogen-bond donors (Lipinski definition) is 1. The summed E-state index contributed by atoms with van der Waals surface area (Å²) in [4.78, 5) is 16.9. The average Bonchev–Trinajstić information content (AvgIpc) is 3.24. The monoisotopic (exact) mass is 436 g/mol. The van der Waals surface area contributed by atoms with Gasteiger partial charge in [0.25, 0.3) is 5.91 Å². The van der Waals surface area contributed by atoms with Crippen molar-refractivity contribution in [3.8, 4) is 5.69 Å². The van der Waals surface area contributed by atoms with Gasteiger partial charge in [-0.3, -0.25) is 10.1 Å². The largest absolute Gasteiger partial charge is 0.434 e. The maximum Gasteiger partial charge on any atom is 0.434 e. The lowest BCUT2D eigenvalue weighted by Crippen LogP contribution is -2.20. The minimum absolute atomic E-state index is 0.0966. The molecule has 148 valence electrons. The summed E-state index contributed by atoms with van der Waals surface area (Å²) in [7, 11) is 0. The molecule has 0 radical (unpaired) electrons. The number of benzene rings is 2. The number of alkyl halides is 3. The van der Waals surface area contributed by atoms with Gasteiger partial charge in [0.15, 0.2) is 10.8 Å². The van der Waals surface area contributed by atoms with Crippen molar-refractivity contribution < 1.29 is 18.0 Å². The Bertz CT molecular complexity index is 1230. The summed E-state index contributed by atoms with van der Waals surface area (Å²) in [5.74, 6) is -0.943. The summed E-state index contributed by atoms with van der Waals surface area (Å²) >= 11 is 7.06. The number of aryl methyl sites for hydroxylation is 1. The summed E-state index contributed by atoms with van der Waals surface area (Å²) in [5.41, 5.74) is -0.0239. The predicted octanol–water partition coefficient (Wildman–Crippen LogP) is 5.71. The molecule has 0 aliphatic carbocycles. The number of halogens is 4. The van der Waals surface area contributed by atoms with E-state index in [9.17, 15) is 18.0 Å². The minimum atomic E-state index is -4.81. The minimum Gasteiger partial charge on any atom is -0.298 e. The van der Waals surface area contributed by atoms with E-state index in [1.54, 1.807) is 6.07 Å². The topological polar surface area (TPSA) is 59.8 Å². The number of aromatic nitrogens is 3. The van der Waals surface area contributed by atoms with E-state index in [1.165, 1.54) is 35.6 Å². The van der Waals surface area contributed by atoms with Crippen molar-refractivity contribution in [2.75, 3.05) is 5.32 Å². The molecule has 0 spiro atoms. The number of carbonyl (C=O) groups is 1. The van der Waals surface area contributed by atoms with Crippen molar-refractivity contribution >= 4 is 44.2 Å². The summed E-state index contributed by atoms with van der Waals surface area (Å²) in [6.07, 6.45) is -3.92. The van der Waals surface area contributed by atoms with Gasteiger partial charge >= 0.3 is 6.18 Å². The number of thiazole rings is 1. The molecule has 0 unspecified atom stereocenters. The Balaban J connectivity index is 1.72. The van der Waals surface area contributed by atoms with Crippen molar-refractivity contribution in [1.82, 2.24) is 14.8 Å². The zero-order valence-electron chi connectivity index (χ0n) is 14.8. The molecule has 0 saturated heterocycles. The molecule has 2 heterocycles. The number of hydrogen-bond acceptors (Lipinski definition) is 4. The highest BCUT2D eigenvalue weighted by Gasteiger charge is 2.40. The van der Waals surface area contributed by atoms with Gasteiger partial charge in [0, 0.05) is 5.02 Å². The van der Waals surface area contributed by atoms with Crippen LogP contribution in [0.15, 0.2) is 48.7 Å². The van der Waals surface area contributed by atoms with Crippen LogP contribution in [-0.2, 0) is 6.18 Å². The SMILES string of the molecule is Cc1ccc2nc(NC(=O)c3cnn(-c4cccc(Cl)c4)c3C(F)(F)F)sc2c1. The van der Waals surface area contributed by atoms with Crippen LogP contribution in [0.4, 0.5) is 18.3 Å². The molecule has 1 amide bonds. The Hall–Kier alpha value is -2.91. The average molecular weight is 437 g/mol. The Morgan fingerprint density at radius 3 is 2.72 bits per heavy atom. The van der Waals surface area contributed by atoms with Crippen molar-refractivity contribution in [3.63, 3.8) is 0 Å². The van der Waals surface area contributed by atoms with Crippen LogP contribution < -0.4 is 5.32 Å². The zero-order chi connectivity index (χ0) is 20.8. The Labute approximate surface area is 171 Å². The van der Waals surface area contributed by atoms with Gasteiger partial charge in [-0.25, -0.2) is 9.67 Å². The third-order valence-corrected chi connectivity index (χ3v) is 5.27. The molecule has 0 fully saturated rings. The number of fused-ring (bicyclic) bond motifs is 1. The van der Waals surface area contributed by atoms with Gasteiger partial charge in [-0.1, -0.05) is 35.1 Å². The van der Waals surface area contributed by atoms with Crippen molar-refractivity contribution in [2.24, 2.45) is 0 Å². The molecule has 0 atom stereocenters. The highest BCUT2D eigenvalue weighted by atomic mass is 35.5. The fourth-order valence-electron chi connectivity index (χ4n) is 2.84. The fourth-order valence-corrected chi connectivity index (χ4v) is 3.98. The van der Waals surface area contributed by atoms with E-state index in [2.05, 4.69) is 15.4 Å². The molecule has 0 bridgehead atoms.